The van der Waals surface area contributed by atoms with Gasteiger partial charge in [0.25, 0.3) is 0 Å². The van der Waals surface area contributed by atoms with Gasteiger partial charge in [0.2, 0.25) is 11.8 Å². The normalized spacial score (nSPS) is 8.22. The Balaban J connectivity index is -0.0000000813. The zero-order valence-electron chi connectivity index (χ0n) is 11.8. The van der Waals surface area contributed by atoms with E-state index in [0.29, 0.717) is 0 Å². The standard InChI is InChI=1S/C6H16N.2C3H5NO.ClH/c1-5-6-7(2,3)4;2*1-2-3(4)5;/h5-6H2,1-4H3;2*2H,1H2,(H2,4,5);1H/q+1;;;/p-1. The van der Waals surface area contributed by atoms with Crippen molar-refractivity contribution in [3.05, 3.63) is 25.3 Å². The van der Waals surface area contributed by atoms with Crippen LogP contribution in [0.1, 0.15) is 13.3 Å². The average Bonchev–Trinajstić information content (AvgIpc) is 2.17. The number of nitrogens with two attached hydrogens (primary N) is 2. The highest BCUT2D eigenvalue weighted by atomic mass is 35.5. The van der Waals surface area contributed by atoms with Crippen molar-refractivity contribution in [2.75, 3.05) is 27.7 Å². The molecule has 0 atom stereocenters. The molecule has 5 nitrogen and oxygen atoms in total. The minimum Gasteiger partial charge on any atom is -1.00 e. The van der Waals surface area contributed by atoms with Crippen LogP contribution in [0, 0.1) is 0 Å². The van der Waals surface area contributed by atoms with E-state index in [4.69, 9.17) is 0 Å². The molecule has 0 saturated heterocycles. The highest BCUT2D eigenvalue weighted by Gasteiger charge is 2.01. The van der Waals surface area contributed by atoms with Crippen LogP contribution in [0.3, 0.4) is 0 Å². The fraction of sp³-hybridized carbons (Fsp3) is 0.500. The second kappa shape index (κ2) is 15.7. The number of halogens is 1. The van der Waals surface area contributed by atoms with Gasteiger partial charge in [-0.05, 0) is 18.6 Å². The summed E-state index contributed by atoms with van der Waals surface area (Å²) in [6.45, 7) is 9.66. The Morgan fingerprint density at radius 3 is 1.28 bits per heavy atom. The number of rotatable bonds is 4. The molecule has 0 aromatic carbocycles. The SMILES string of the molecule is C=CC(N)=O.C=CC(N)=O.CCC[N+](C)(C)C.[Cl-]. The highest BCUT2D eigenvalue weighted by Crippen LogP contribution is 1.90. The first kappa shape index (κ1) is 25.5. The largest absolute Gasteiger partial charge is 1.00 e. The molecule has 0 aromatic rings. The van der Waals surface area contributed by atoms with Crippen LogP contribution in [0.5, 0.6) is 0 Å². The second-order valence-electron chi connectivity index (χ2n) is 4.23. The van der Waals surface area contributed by atoms with Crippen molar-refractivity contribution in [2.45, 2.75) is 13.3 Å². The van der Waals surface area contributed by atoms with Crippen molar-refractivity contribution in [3.63, 3.8) is 0 Å². The molecular weight excluding hydrogens is 254 g/mol. The molecule has 0 saturated carbocycles. The molecule has 0 aliphatic rings. The molecule has 0 rings (SSSR count). The summed E-state index contributed by atoms with van der Waals surface area (Å²) >= 11 is 0. The molecule has 18 heavy (non-hydrogen) atoms. The summed E-state index contributed by atoms with van der Waals surface area (Å²) < 4.78 is 1.09. The lowest BCUT2D eigenvalue weighted by Gasteiger charge is -2.22. The summed E-state index contributed by atoms with van der Waals surface area (Å²) in [6, 6.07) is 0. The van der Waals surface area contributed by atoms with Crippen molar-refractivity contribution >= 4 is 11.8 Å². The summed E-state index contributed by atoms with van der Waals surface area (Å²) in [4.78, 5) is 18.9. The van der Waals surface area contributed by atoms with Crippen LogP contribution in [-0.4, -0.2) is 44.0 Å². The average molecular weight is 280 g/mol. The fourth-order valence-electron chi connectivity index (χ4n) is 0.671. The fourth-order valence-corrected chi connectivity index (χ4v) is 0.671. The maximum absolute atomic E-state index is 9.47. The molecule has 4 N–H and O–H groups in total. The van der Waals surface area contributed by atoms with Gasteiger partial charge in [0.15, 0.2) is 0 Å². The zero-order valence-corrected chi connectivity index (χ0v) is 12.5. The van der Waals surface area contributed by atoms with Gasteiger partial charge in [-0.2, -0.15) is 0 Å². The van der Waals surface area contributed by atoms with Crippen LogP contribution in [0.4, 0.5) is 0 Å². The lowest BCUT2D eigenvalue weighted by atomic mass is 10.4. The number of hydrogen-bond donors (Lipinski definition) is 2. The van der Waals surface area contributed by atoms with E-state index in [9.17, 15) is 9.59 Å². The maximum Gasteiger partial charge on any atom is 0.240 e. The highest BCUT2D eigenvalue weighted by molar-refractivity contribution is 5.85. The number of hydrogen-bond acceptors (Lipinski definition) is 2. The van der Waals surface area contributed by atoms with E-state index >= 15 is 0 Å². The summed E-state index contributed by atoms with van der Waals surface area (Å²) in [5.41, 5.74) is 9.07. The number of carbonyl (C=O) groups excluding carboxylic acids is 2. The van der Waals surface area contributed by atoms with Crippen molar-refractivity contribution < 1.29 is 26.5 Å². The van der Waals surface area contributed by atoms with Crippen molar-refractivity contribution in [1.29, 1.82) is 0 Å². The van der Waals surface area contributed by atoms with E-state index in [1.807, 2.05) is 0 Å². The van der Waals surface area contributed by atoms with Crippen LogP contribution in [0.15, 0.2) is 25.3 Å². The molecule has 0 radical (unpaired) electrons. The van der Waals surface area contributed by atoms with Crippen LogP contribution in [0.25, 0.3) is 0 Å². The summed E-state index contributed by atoms with van der Waals surface area (Å²) in [6.07, 6.45) is 3.39. The molecule has 0 spiro atoms. The van der Waals surface area contributed by atoms with Gasteiger partial charge in [-0.1, -0.05) is 20.1 Å². The van der Waals surface area contributed by atoms with E-state index in [-0.39, 0.29) is 12.4 Å². The number of quaternary nitrogens is 1. The Labute approximate surface area is 117 Å². The first-order valence-electron chi connectivity index (χ1n) is 5.24. The number of amides is 2. The number of nitrogens with zero attached hydrogens (tertiary/aromatic N) is 1. The smallest absolute Gasteiger partial charge is 0.240 e. The Bertz CT molecular complexity index is 230. The van der Waals surface area contributed by atoms with Crippen LogP contribution in [0.2, 0.25) is 0 Å². The second-order valence-corrected chi connectivity index (χ2v) is 4.23. The third-order valence-corrected chi connectivity index (χ3v) is 1.30. The van der Waals surface area contributed by atoms with E-state index in [1.165, 1.54) is 13.0 Å². The van der Waals surface area contributed by atoms with E-state index < -0.39 is 11.8 Å². The monoisotopic (exact) mass is 279 g/mol. The van der Waals surface area contributed by atoms with E-state index in [2.05, 4.69) is 52.7 Å². The topological polar surface area (TPSA) is 86.2 Å². The lowest BCUT2D eigenvalue weighted by molar-refractivity contribution is -0.870. The van der Waals surface area contributed by atoms with Gasteiger partial charge in [0.1, 0.15) is 0 Å². The van der Waals surface area contributed by atoms with Gasteiger partial charge < -0.3 is 28.4 Å². The van der Waals surface area contributed by atoms with Gasteiger partial charge in [0.05, 0.1) is 27.7 Å². The maximum atomic E-state index is 9.47. The molecule has 0 aromatic heterocycles. The van der Waals surface area contributed by atoms with Crippen LogP contribution >= 0.6 is 0 Å². The lowest BCUT2D eigenvalue weighted by Crippen LogP contribution is -3.00. The first-order chi connectivity index (χ1) is 7.60. The van der Waals surface area contributed by atoms with Gasteiger partial charge in [-0.15, -0.1) is 0 Å². The van der Waals surface area contributed by atoms with Gasteiger partial charge in [-0.25, -0.2) is 0 Å². The zero-order chi connectivity index (χ0) is 14.5. The Morgan fingerprint density at radius 1 is 1.06 bits per heavy atom. The van der Waals surface area contributed by atoms with Crippen molar-refractivity contribution in [1.82, 2.24) is 0 Å². The Morgan fingerprint density at radius 2 is 1.28 bits per heavy atom. The summed E-state index contributed by atoms with van der Waals surface area (Å²) in [5, 5.41) is 0. The quantitative estimate of drug-likeness (QED) is 0.438. The van der Waals surface area contributed by atoms with E-state index in [1.54, 1.807) is 0 Å². The molecule has 0 fully saturated rings. The van der Waals surface area contributed by atoms with Crippen LogP contribution < -0.4 is 23.9 Å². The third-order valence-electron chi connectivity index (χ3n) is 1.30. The van der Waals surface area contributed by atoms with Crippen LogP contribution in [-0.2, 0) is 9.59 Å². The predicted octanol–water partition coefficient (Wildman–Crippen LogP) is -2.58. The third kappa shape index (κ3) is 61.6. The van der Waals surface area contributed by atoms with Gasteiger partial charge in [-0.3, -0.25) is 9.59 Å². The minimum absolute atomic E-state index is 0. The van der Waals surface area contributed by atoms with Crippen molar-refractivity contribution in [3.8, 4) is 0 Å². The Kier molecular flexibility index (Phi) is 22.2. The molecular formula is C12H26ClN3O2. The predicted molar refractivity (Wildman–Crippen MR) is 72.0 cm³/mol. The molecule has 0 bridgehead atoms. The first-order valence-corrected chi connectivity index (χ1v) is 5.24. The van der Waals surface area contributed by atoms with Crippen molar-refractivity contribution in [2.24, 2.45) is 11.5 Å². The number of primary amides is 2. The molecule has 2 amide bonds. The molecule has 108 valence electrons. The molecule has 0 aliphatic carbocycles. The minimum atomic E-state index is -0.481. The molecule has 6 heteroatoms. The summed E-state index contributed by atoms with van der Waals surface area (Å²) in [5.74, 6) is -0.963. The van der Waals surface area contributed by atoms with Gasteiger partial charge >= 0.3 is 0 Å². The Hall–Kier alpha value is -1.33. The molecule has 0 unspecified atom stereocenters. The number of carbonyl (C=O) groups is 2. The molecule has 0 aliphatic heterocycles. The van der Waals surface area contributed by atoms with E-state index in [0.717, 1.165) is 16.6 Å². The summed E-state index contributed by atoms with van der Waals surface area (Å²) in [7, 11) is 6.64. The molecule has 0 heterocycles. The van der Waals surface area contributed by atoms with Gasteiger partial charge in [0, 0.05) is 0 Å².